The highest BCUT2D eigenvalue weighted by Gasteiger charge is 2.09. The maximum atomic E-state index is 13.9. The quantitative estimate of drug-likeness (QED) is 0.350. The molecule has 0 spiro atoms. The third-order valence-electron chi connectivity index (χ3n) is 3.95. The van der Waals surface area contributed by atoms with Gasteiger partial charge in [-0.25, -0.2) is 4.39 Å². The van der Waals surface area contributed by atoms with Gasteiger partial charge in [-0.15, -0.1) is 34.2 Å². The zero-order valence-corrected chi connectivity index (χ0v) is 18.6. The van der Waals surface area contributed by atoms with Gasteiger partial charge in [-0.2, -0.15) is 0 Å². The molecule has 0 saturated carbocycles. The number of ether oxygens (including phenoxy) is 1. The van der Waals surface area contributed by atoms with Crippen LogP contribution in [-0.2, 0) is 19.5 Å². The lowest BCUT2D eigenvalue weighted by atomic mass is 10.2. The molecule has 1 aromatic heterocycles. The zero-order valence-electron chi connectivity index (χ0n) is 16.3. The first kappa shape index (κ1) is 23.1. The Morgan fingerprint density at radius 3 is 2.78 bits per heavy atom. The zero-order chi connectivity index (χ0) is 18.9. The molecule has 0 aliphatic rings. The highest BCUT2D eigenvalue weighted by Crippen LogP contribution is 2.18. The smallest absolute Gasteiger partial charge is 0.194 e. The van der Waals surface area contributed by atoms with E-state index in [1.165, 1.54) is 13.2 Å². The summed E-state index contributed by atoms with van der Waals surface area (Å²) in [5.74, 6) is 1.61. The van der Waals surface area contributed by atoms with Crippen molar-refractivity contribution in [3.63, 3.8) is 0 Å². The van der Waals surface area contributed by atoms with Crippen LogP contribution in [-0.4, -0.2) is 52.9 Å². The number of hydrogen-bond donors (Lipinski definition) is 1. The van der Waals surface area contributed by atoms with Crippen LogP contribution in [0, 0.1) is 5.82 Å². The molecule has 150 valence electrons. The number of nitrogens with zero attached hydrogens (tertiary/aromatic N) is 5. The number of aryl methyl sites for hydroxylation is 1. The number of aliphatic imine (C=N–C) groups is 1. The van der Waals surface area contributed by atoms with E-state index in [-0.39, 0.29) is 35.5 Å². The van der Waals surface area contributed by atoms with Gasteiger partial charge in [0.2, 0.25) is 0 Å². The van der Waals surface area contributed by atoms with E-state index in [0.717, 1.165) is 36.9 Å². The van der Waals surface area contributed by atoms with Gasteiger partial charge in [0.15, 0.2) is 17.5 Å². The van der Waals surface area contributed by atoms with Gasteiger partial charge in [-0.1, -0.05) is 13.0 Å². The van der Waals surface area contributed by atoms with Gasteiger partial charge in [-0.05, 0) is 24.6 Å². The summed E-state index contributed by atoms with van der Waals surface area (Å²) in [5, 5.41) is 11.3. The predicted octanol–water partition coefficient (Wildman–Crippen LogP) is 2.70. The van der Waals surface area contributed by atoms with E-state index in [1.54, 1.807) is 12.4 Å². The van der Waals surface area contributed by atoms with E-state index < -0.39 is 0 Å². The average molecular weight is 490 g/mol. The number of rotatable bonds is 8. The molecule has 0 unspecified atom stereocenters. The highest BCUT2D eigenvalue weighted by molar-refractivity contribution is 14.0. The number of nitrogens with one attached hydrogen (secondary N) is 1. The van der Waals surface area contributed by atoms with Gasteiger partial charge >= 0.3 is 0 Å². The Bertz CT molecular complexity index is 736. The topological polar surface area (TPSA) is 67.6 Å². The van der Waals surface area contributed by atoms with Crippen LogP contribution in [0.5, 0.6) is 5.75 Å². The molecule has 9 heteroatoms. The van der Waals surface area contributed by atoms with Crippen molar-refractivity contribution < 1.29 is 9.13 Å². The number of methoxy groups -OCH3 is 1. The van der Waals surface area contributed by atoms with Crippen LogP contribution in [0.3, 0.4) is 0 Å². The first-order valence-corrected chi connectivity index (χ1v) is 8.77. The van der Waals surface area contributed by atoms with Crippen LogP contribution in [0.15, 0.2) is 29.5 Å². The maximum absolute atomic E-state index is 13.9. The van der Waals surface area contributed by atoms with Crippen molar-refractivity contribution in [3.8, 4) is 5.75 Å². The normalized spacial score (nSPS) is 11.1. The second-order valence-electron chi connectivity index (χ2n) is 5.85. The van der Waals surface area contributed by atoms with Crippen molar-refractivity contribution in [2.75, 3.05) is 27.2 Å². The molecule has 0 amide bonds. The summed E-state index contributed by atoms with van der Waals surface area (Å²) in [5.41, 5.74) is 0.850. The Labute approximate surface area is 177 Å². The fraction of sp³-hybridized carbons (Fsp3) is 0.500. The fourth-order valence-electron chi connectivity index (χ4n) is 2.63. The van der Waals surface area contributed by atoms with Crippen molar-refractivity contribution in [1.29, 1.82) is 0 Å². The van der Waals surface area contributed by atoms with Gasteiger partial charge in [0.1, 0.15) is 12.2 Å². The fourth-order valence-corrected chi connectivity index (χ4v) is 2.63. The summed E-state index contributed by atoms with van der Waals surface area (Å²) in [6.07, 6.45) is 2.57. The molecule has 0 radical (unpaired) electrons. The first-order valence-electron chi connectivity index (χ1n) is 8.77. The van der Waals surface area contributed by atoms with Crippen LogP contribution >= 0.6 is 24.0 Å². The number of benzene rings is 1. The summed E-state index contributed by atoms with van der Waals surface area (Å²) < 4.78 is 20.8. The largest absolute Gasteiger partial charge is 0.494 e. The molecule has 1 aromatic carbocycles. The average Bonchev–Trinajstić information content (AvgIpc) is 3.08. The third kappa shape index (κ3) is 6.64. The Morgan fingerprint density at radius 2 is 2.15 bits per heavy atom. The summed E-state index contributed by atoms with van der Waals surface area (Å²) >= 11 is 0. The molecule has 0 bridgehead atoms. The molecule has 1 heterocycles. The Balaban J connectivity index is 0.00000364. The first-order chi connectivity index (χ1) is 12.6. The number of aromatic nitrogens is 3. The molecule has 0 fully saturated rings. The minimum Gasteiger partial charge on any atom is -0.494 e. The van der Waals surface area contributed by atoms with E-state index in [9.17, 15) is 4.39 Å². The van der Waals surface area contributed by atoms with Crippen LogP contribution in [0.2, 0.25) is 0 Å². The van der Waals surface area contributed by atoms with E-state index >= 15 is 0 Å². The standard InChI is InChI=1S/C18H27FN6O.HI/c1-5-17-23-22-13-25(17)10-9-21-18(20-6-2)24(3)12-14-7-8-16(26-4)15(19)11-14;/h7-8,11,13H,5-6,9-10,12H2,1-4H3,(H,20,21);1H. The van der Waals surface area contributed by atoms with Crippen LogP contribution < -0.4 is 10.1 Å². The van der Waals surface area contributed by atoms with Crippen molar-refractivity contribution >= 4 is 29.9 Å². The van der Waals surface area contributed by atoms with Crippen molar-refractivity contribution in [2.24, 2.45) is 4.99 Å². The van der Waals surface area contributed by atoms with Crippen molar-refractivity contribution in [3.05, 3.63) is 41.7 Å². The van der Waals surface area contributed by atoms with Gasteiger partial charge in [0, 0.05) is 33.1 Å². The summed E-state index contributed by atoms with van der Waals surface area (Å²) in [6.45, 7) is 6.69. The second kappa shape index (κ2) is 11.7. The lowest BCUT2D eigenvalue weighted by molar-refractivity contribution is 0.385. The summed E-state index contributed by atoms with van der Waals surface area (Å²) in [4.78, 5) is 6.62. The van der Waals surface area contributed by atoms with E-state index in [4.69, 9.17) is 4.74 Å². The minimum atomic E-state index is -0.361. The molecule has 0 aliphatic carbocycles. The Morgan fingerprint density at radius 1 is 1.37 bits per heavy atom. The monoisotopic (exact) mass is 490 g/mol. The summed E-state index contributed by atoms with van der Waals surface area (Å²) in [6, 6.07) is 4.98. The molecule has 0 saturated heterocycles. The number of guanidine groups is 1. The van der Waals surface area contributed by atoms with E-state index in [1.807, 2.05) is 29.5 Å². The summed E-state index contributed by atoms with van der Waals surface area (Å²) in [7, 11) is 3.39. The predicted molar refractivity (Wildman–Crippen MR) is 115 cm³/mol. The van der Waals surface area contributed by atoms with Gasteiger partial charge in [-0.3, -0.25) is 4.99 Å². The maximum Gasteiger partial charge on any atom is 0.194 e. The van der Waals surface area contributed by atoms with E-state index in [0.29, 0.717) is 13.1 Å². The van der Waals surface area contributed by atoms with Gasteiger partial charge in [0.25, 0.3) is 0 Å². The Kier molecular flexibility index (Phi) is 10.0. The van der Waals surface area contributed by atoms with Crippen LogP contribution in [0.4, 0.5) is 4.39 Å². The van der Waals surface area contributed by atoms with Crippen molar-refractivity contribution in [2.45, 2.75) is 33.4 Å². The minimum absolute atomic E-state index is 0. The van der Waals surface area contributed by atoms with Crippen molar-refractivity contribution in [1.82, 2.24) is 25.0 Å². The number of halogens is 2. The molecule has 27 heavy (non-hydrogen) atoms. The molecular formula is C18H28FIN6O. The molecule has 0 atom stereocenters. The van der Waals surface area contributed by atoms with Gasteiger partial charge in [0.05, 0.1) is 13.7 Å². The van der Waals surface area contributed by atoms with E-state index in [2.05, 4.69) is 27.4 Å². The molecule has 1 N–H and O–H groups in total. The van der Waals surface area contributed by atoms with Crippen LogP contribution in [0.1, 0.15) is 25.2 Å². The SMILES string of the molecule is CCNC(=NCCn1cnnc1CC)N(C)Cc1ccc(OC)c(F)c1.I. The number of hydrogen-bond acceptors (Lipinski definition) is 4. The highest BCUT2D eigenvalue weighted by atomic mass is 127. The Hall–Kier alpha value is -1.91. The molecule has 0 aliphatic heterocycles. The lowest BCUT2D eigenvalue weighted by Gasteiger charge is -2.22. The lowest BCUT2D eigenvalue weighted by Crippen LogP contribution is -2.38. The second-order valence-corrected chi connectivity index (χ2v) is 5.85. The van der Waals surface area contributed by atoms with Crippen LogP contribution in [0.25, 0.3) is 0 Å². The molecule has 7 nitrogen and oxygen atoms in total. The molecular weight excluding hydrogens is 462 g/mol. The van der Waals surface area contributed by atoms with Gasteiger partial charge < -0.3 is 19.5 Å². The molecule has 2 rings (SSSR count). The molecule has 2 aromatic rings. The third-order valence-corrected chi connectivity index (χ3v) is 3.95.